The fourth-order valence-electron chi connectivity index (χ4n) is 2.47. The molecule has 0 amide bonds. The van der Waals surface area contributed by atoms with Crippen molar-refractivity contribution >= 4 is 28.9 Å². The number of aryl methyl sites for hydroxylation is 1. The van der Waals surface area contributed by atoms with Gasteiger partial charge in [-0.1, -0.05) is 17.7 Å². The highest BCUT2D eigenvalue weighted by atomic mass is 35.5. The van der Waals surface area contributed by atoms with Crippen LogP contribution in [0.25, 0.3) is 0 Å². The third-order valence-corrected chi connectivity index (χ3v) is 3.64. The molecule has 1 saturated heterocycles. The minimum Gasteiger partial charge on any atom is -0.358 e. The highest BCUT2D eigenvalue weighted by molar-refractivity contribution is 7.80. The van der Waals surface area contributed by atoms with Gasteiger partial charge in [-0.3, -0.25) is 0 Å². The van der Waals surface area contributed by atoms with E-state index in [1.54, 1.807) is 0 Å². The Morgan fingerprint density at radius 3 is 3.07 bits per heavy atom. The van der Waals surface area contributed by atoms with Gasteiger partial charge in [-0.25, -0.2) is 0 Å². The number of fused-ring (bicyclic) bond motifs is 3. The summed E-state index contributed by atoms with van der Waals surface area (Å²) in [4.78, 5) is 0. The van der Waals surface area contributed by atoms with Gasteiger partial charge in [0.1, 0.15) is 0 Å². The maximum absolute atomic E-state index is 5.99. The fourth-order valence-corrected chi connectivity index (χ4v) is 2.95. The van der Waals surface area contributed by atoms with Crippen molar-refractivity contribution in [3.63, 3.8) is 0 Å². The first-order valence-electron chi connectivity index (χ1n) is 5.09. The van der Waals surface area contributed by atoms with Crippen molar-refractivity contribution in [1.82, 2.24) is 10.6 Å². The molecule has 0 radical (unpaired) electrons. The maximum atomic E-state index is 5.99. The molecule has 2 aliphatic rings. The second-order valence-corrected chi connectivity index (χ2v) is 4.93. The molecule has 3 rings (SSSR count). The molecule has 0 spiro atoms. The SMILES string of the molecule is S=C1NC2CCc3cc(Cl)ccc3C2N1. The standard InChI is InChI=1S/C11H11ClN2S/c12-7-2-3-8-6(5-7)1-4-9-10(8)14-11(15)13-9/h2-3,5,9-10H,1,4H2,(H2,13,14,15). The van der Waals surface area contributed by atoms with Crippen molar-refractivity contribution in [3.05, 3.63) is 34.3 Å². The quantitative estimate of drug-likeness (QED) is 0.678. The van der Waals surface area contributed by atoms with Gasteiger partial charge in [0, 0.05) is 5.02 Å². The number of nitrogens with one attached hydrogen (secondary N) is 2. The molecule has 2 atom stereocenters. The fraction of sp³-hybridized carbons (Fsp3) is 0.364. The summed E-state index contributed by atoms with van der Waals surface area (Å²) in [5.41, 5.74) is 2.69. The molecule has 1 aromatic carbocycles. The summed E-state index contributed by atoms with van der Waals surface area (Å²) >= 11 is 11.1. The Kier molecular flexibility index (Phi) is 2.11. The summed E-state index contributed by atoms with van der Waals surface area (Å²) in [5, 5.41) is 8.20. The Labute approximate surface area is 99.0 Å². The van der Waals surface area contributed by atoms with E-state index in [9.17, 15) is 0 Å². The molecule has 1 aliphatic heterocycles. The molecule has 15 heavy (non-hydrogen) atoms. The highest BCUT2D eigenvalue weighted by Gasteiger charge is 2.34. The summed E-state index contributed by atoms with van der Waals surface area (Å²) in [6.07, 6.45) is 2.19. The van der Waals surface area contributed by atoms with Crippen LogP contribution in [0.5, 0.6) is 0 Å². The molecule has 1 aliphatic carbocycles. The Hall–Kier alpha value is -0.800. The number of hydrogen-bond acceptors (Lipinski definition) is 1. The van der Waals surface area contributed by atoms with E-state index in [-0.39, 0.29) is 0 Å². The van der Waals surface area contributed by atoms with Gasteiger partial charge in [-0.15, -0.1) is 0 Å². The van der Waals surface area contributed by atoms with E-state index in [0.29, 0.717) is 12.1 Å². The molecule has 0 bridgehead atoms. The molecule has 2 nitrogen and oxygen atoms in total. The van der Waals surface area contributed by atoms with Crippen molar-refractivity contribution in [2.45, 2.75) is 24.9 Å². The Morgan fingerprint density at radius 2 is 2.20 bits per heavy atom. The zero-order chi connectivity index (χ0) is 10.4. The van der Waals surface area contributed by atoms with Gasteiger partial charge in [0.2, 0.25) is 0 Å². The van der Waals surface area contributed by atoms with Crippen LogP contribution in [0.1, 0.15) is 23.6 Å². The highest BCUT2D eigenvalue weighted by Crippen LogP contribution is 2.33. The zero-order valence-corrected chi connectivity index (χ0v) is 9.66. The maximum Gasteiger partial charge on any atom is 0.167 e. The predicted octanol–water partition coefficient (Wildman–Crippen LogP) is 2.17. The summed E-state index contributed by atoms with van der Waals surface area (Å²) < 4.78 is 0. The van der Waals surface area contributed by atoms with Crippen LogP contribution in [-0.4, -0.2) is 11.2 Å². The van der Waals surface area contributed by atoms with Crippen LogP contribution >= 0.6 is 23.8 Å². The Balaban J connectivity index is 2.05. The van der Waals surface area contributed by atoms with Gasteiger partial charge in [-0.2, -0.15) is 0 Å². The van der Waals surface area contributed by atoms with E-state index < -0.39 is 0 Å². The number of rotatable bonds is 0. The average molecular weight is 239 g/mol. The molecule has 0 saturated carbocycles. The topological polar surface area (TPSA) is 24.1 Å². The molecule has 2 unspecified atom stereocenters. The van der Waals surface area contributed by atoms with Crippen LogP contribution in [0.2, 0.25) is 5.02 Å². The smallest absolute Gasteiger partial charge is 0.167 e. The van der Waals surface area contributed by atoms with Crippen molar-refractivity contribution in [3.8, 4) is 0 Å². The molecular formula is C11H11ClN2S. The Morgan fingerprint density at radius 1 is 1.33 bits per heavy atom. The number of thiocarbonyl (C=S) groups is 1. The minimum absolute atomic E-state index is 0.332. The third kappa shape index (κ3) is 1.50. The molecule has 78 valence electrons. The summed E-state index contributed by atoms with van der Waals surface area (Å²) in [5.74, 6) is 0. The van der Waals surface area contributed by atoms with Crippen LogP contribution in [0, 0.1) is 0 Å². The second-order valence-electron chi connectivity index (χ2n) is 4.08. The van der Waals surface area contributed by atoms with Gasteiger partial charge >= 0.3 is 0 Å². The van der Waals surface area contributed by atoms with Crippen LogP contribution in [0.3, 0.4) is 0 Å². The Bertz CT molecular complexity index is 433. The lowest BCUT2D eigenvalue weighted by molar-refractivity contribution is 0.466. The van der Waals surface area contributed by atoms with Crippen molar-refractivity contribution in [1.29, 1.82) is 0 Å². The molecule has 0 aromatic heterocycles. The molecule has 1 heterocycles. The van der Waals surface area contributed by atoms with Crippen LogP contribution < -0.4 is 10.6 Å². The molecule has 2 N–H and O–H groups in total. The van der Waals surface area contributed by atoms with Crippen LogP contribution in [-0.2, 0) is 6.42 Å². The van der Waals surface area contributed by atoms with E-state index in [2.05, 4.69) is 22.8 Å². The van der Waals surface area contributed by atoms with Gasteiger partial charge in [-0.05, 0) is 48.3 Å². The lowest BCUT2D eigenvalue weighted by atomic mass is 9.85. The van der Waals surface area contributed by atoms with Crippen molar-refractivity contribution in [2.75, 3.05) is 0 Å². The van der Waals surface area contributed by atoms with E-state index >= 15 is 0 Å². The molecule has 1 aromatic rings. The van der Waals surface area contributed by atoms with Crippen molar-refractivity contribution < 1.29 is 0 Å². The molecule has 4 heteroatoms. The van der Waals surface area contributed by atoms with Gasteiger partial charge in [0.25, 0.3) is 0 Å². The number of hydrogen-bond donors (Lipinski definition) is 2. The van der Waals surface area contributed by atoms with Gasteiger partial charge in [0.05, 0.1) is 12.1 Å². The zero-order valence-electron chi connectivity index (χ0n) is 8.09. The third-order valence-electron chi connectivity index (χ3n) is 3.17. The normalized spacial score (nSPS) is 27.7. The van der Waals surface area contributed by atoms with Gasteiger partial charge in [0.15, 0.2) is 5.11 Å². The number of halogens is 1. The van der Waals surface area contributed by atoms with Crippen LogP contribution in [0.4, 0.5) is 0 Å². The summed E-state index contributed by atoms with van der Waals surface area (Å²) in [6.45, 7) is 0. The van der Waals surface area contributed by atoms with E-state index in [1.807, 2.05) is 6.07 Å². The second kappa shape index (κ2) is 3.35. The van der Waals surface area contributed by atoms with Crippen LogP contribution in [0.15, 0.2) is 18.2 Å². The first-order chi connectivity index (χ1) is 7.24. The molecular weight excluding hydrogens is 228 g/mol. The molecule has 1 fully saturated rings. The van der Waals surface area contributed by atoms with E-state index in [0.717, 1.165) is 23.0 Å². The van der Waals surface area contributed by atoms with Gasteiger partial charge < -0.3 is 10.6 Å². The predicted molar refractivity (Wildman–Crippen MR) is 65.2 cm³/mol. The van der Waals surface area contributed by atoms with E-state index in [4.69, 9.17) is 23.8 Å². The number of benzene rings is 1. The minimum atomic E-state index is 0.332. The van der Waals surface area contributed by atoms with E-state index in [1.165, 1.54) is 11.1 Å². The monoisotopic (exact) mass is 238 g/mol. The lowest BCUT2D eigenvalue weighted by Gasteiger charge is -2.27. The largest absolute Gasteiger partial charge is 0.358 e. The summed E-state index contributed by atoms with van der Waals surface area (Å²) in [6, 6.07) is 6.91. The average Bonchev–Trinajstić information content (AvgIpc) is 2.58. The summed E-state index contributed by atoms with van der Waals surface area (Å²) in [7, 11) is 0. The first kappa shape index (κ1) is 9.43. The lowest BCUT2D eigenvalue weighted by Crippen LogP contribution is -2.31. The van der Waals surface area contributed by atoms with Crippen molar-refractivity contribution in [2.24, 2.45) is 0 Å². The first-order valence-corrected chi connectivity index (χ1v) is 5.88.